The van der Waals surface area contributed by atoms with Gasteiger partial charge in [0.05, 0.1) is 5.69 Å². The van der Waals surface area contributed by atoms with Gasteiger partial charge in [0.1, 0.15) is 6.10 Å². The van der Waals surface area contributed by atoms with Gasteiger partial charge >= 0.3 is 0 Å². The van der Waals surface area contributed by atoms with E-state index in [4.69, 9.17) is 0 Å². The molecule has 0 aliphatic carbocycles. The average Bonchev–Trinajstić information content (AvgIpc) is 2.41. The Morgan fingerprint density at radius 1 is 1.22 bits per heavy atom. The van der Waals surface area contributed by atoms with Gasteiger partial charge in [-0.05, 0) is 58.3 Å². The molecule has 94 valence electrons. The highest BCUT2D eigenvalue weighted by atomic mass is 127. The van der Waals surface area contributed by atoms with Gasteiger partial charge in [-0.25, -0.2) is 0 Å². The highest BCUT2D eigenvalue weighted by Gasteiger charge is 2.13. The molecule has 1 atom stereocenters. The summed E-state index contributed by atoms with van der Waals surface area (Å²) in [5.41, 5.74) is 3.06. The maximum Gasteiger partial charge on any atom is 0.100 e. The minimum absolute atomic E-state index is 0.527. The molecule has 2 aromatic rings. The second-order valence-electron chi connectivity index (χ2n) is 4.25. The minimum Gasteiger partial charge on any atom is -0.386 e. The van der Waals surface area contributed by atoms with Gasteiger partial charge in [-0.15, -0.1) is 0 Å². The number of hydrogen-bond donors (Lipinski definition) is 1. The van der Waals surface area contributed by atoms with Crippen molar-refractivity contribution in [2.45, 2.75) is 25.9 Å². The predicted octanol–water partition coefficient (Wildman–Crippen LogP) is 3.52. The Bertz CT molecular complexity index is 510. The molecule has 3 heteroatoms. The maximum absolute atomic E-state index is 10.3. The normalized spacial score (nSPS) is 12.4. The Hall–Kier alpha value is -0.940. The quantitative estimate of drug-likeness (QED) is 0.854. The summed E-state index contributed by atoms with van der Waals surface area (Å²) in [4.78, 5) is 4.31. The van der Waals surface area contributed by atoms with Crippen molar-refractivity contribution in [3.63, 3.8) is 0 Å². The second kappa shape index (κ2) is 6.29. The molecule has 2 nitrogen and oxygen atoms in total. The zero-order valence-corrected chi connectivity index (χ0v) is 12.5. The third-order valence-corrected chi connectivity index (χ3v) is 3.68. The number of hydrogen-bond acceptors (Lipinski definition) is 2. The van der Waals surface area contributed by atoms with Crippen LogP contribution in [-0.4, -0.2) is 10.1 Å². The lowest BCUT2D eigenvalue weighted by molar-refractivity contribution is 0.172. The van der Waals surface area contributed by atoms with Gasteiger partial charge < -0.3 is 5.11 Å². The summed E-state index contributed by atoms with van der Waals surface area (Å²) >= 11 is 2.28. The van der Waals surface area contributed by atoms with Crippen molar-refractivity contribution >= 4 is 22.6 Å². The first-order valence-corrected chi connectivity index (χ1v) is 7.15. The molecule has 1 aromatic carbocycles. The Labute approximate surface area is 121 Å². The molecule has 2 rings (SSSR count). The molecule has 1 aromatic heterocycles. The molecule has 1 unspecified atom stereocenters. The first-order chi connectivity index (χ1) is 8.70. The van der Waals surface area contributed by atoms with Crippen LogP contribution in [0.25, 0.3) is 0 Å². The topological polar surface area (TPSA) is 33.1 Å². The van der Waals surface area contributed by atoms with Crippen molar-refractivity contribution in [3.8, 4) is 0 Å². The van der Waals surface area contributed by atoms with Crippen LogP contribution in [0.2, 0.25) is 0 Å². The van der Waals surface area contributed by atoms with Crippen LogP contribution in [0.5, 0.6) is 0 Å². The fourth-order valence-corrected chi connectivity index (χ4v) is 2.35. The number of rotatable bonds is 4. The van der Waals surface area contributed by atoms with E-state index in [1.165, 1.54) is 3.57 Å². The molecule has 1 heterocycles. The van der Waals surface area contributed by atoms with Crippen LogP contribution < -0.4 is 0 Å². The van der Waals surface area contributed by atoms with E-state index in [0.717, 1.165) is 23.2 Å². The van der Waals surface area contributed by atoms with Crippen molar-refractivity contribution in [1.29, 1.82) is 0 Å². The van der Waals surface area contributed by atoms with Crippen LogP contribution in [0, 0.1) is 3.57 Å². The molecule has 0 radical (unpaired) electrons. The first-order valence-electron chi connectivity index (χ1n) is 6.07. The number of aliphatic hydroxyl groups excluding tert-OH is 1. The SMILES string of the molecule is CCc1cccnc1C(O)Cc1ccc(I)cc1. The van der Waals surface area contributed by atoms with Gasteiger partial charge in [-0.1, -0.05) is 25.1 Å². The highest BCUT2D eigenvalue weighted by molar-refractivity contribution is 14.1. The van der Waals surface area contributed by atoms with Crippen LogP contribution in [0.1, 0.15) is 29.8 Å². The Morgan fingerprint density at radius 2 is 1.94 bits per heavy atom. The van der Waals surface area contributed by atoms with Gasteiger partial charge in [-0.3, -0.25) is 4.98 Å². The number of aryl methyl sites for hydroxylation is 1. The summed E-state index contributed by atoms with van der Waals surface area (Å²) in [5.74, 6) is 0. The molecule has 18 heavy (non-hydrogen) atoms. The van der Waals surface area contributed by atoms with E-state index in [2.05, 4.69) is 58.8 Å². The largest absolute Gasteiger partial charge is 0.386 e. The minimum atomic E-state index is -0.527. The number of aromatic nitrogens is 1. The van der Waals surface area contributed by atoms with Crippen molar-refractivity contribution in [1.82, 2.24) is 4.98 Å². The summed E-state index contributed by atoms with van der Waals surface area (Å²) in [6.45, 7) is 2.08. The van der Waals surface area contributed by atoms with Crippen molar-refractivity contribution in [2.75, 3.05) is 0 Å². The molecule has 1 N–H and O–H groups in total. The summed E-state index contributed by atoms with van der Waals surface area (Å²) in [5, 5.41) is 10.3. The Kier molecular flexibility index (Phi) is 4.72. The second-order valence-corrected chi connectivity index (χ2v) is 5.49. The van der Waals surface area contributed by atoms with E-state index in [-0.39, 0.29) is 0 Å². The van der Waals surface area contributed by atoms with Crippen molar-refractivity contribution in [3.05, 3.63) is 63.0 Å². The van der Waals surface area contributed by atoms with Gasteiger partial charge in [0.15, 0.2) is 0 Å². The summed E-state index contributed by atoms with van der Waals surface area (Å²) in [6.07, 6.45) is 2.72. The zero-order chi connectivity index (χ0) is 13.0. The summed E-state index contributed by atoms with van der Waals surface area (Å²) in [6, 6.07) is 12.2. The van der Waals surface area contributed by atoms with E-state index in [0.29, 0.717) is 6.42 Å². The number of halogens is 1. The van der Waals surface area contributed by atoms with Crippen LogP contribution in [-0.2, 0) is 12.8 Å². The Balaban J connectivity index is 2.16. The highest BCUT2D eigenvalue weighted by Crippen LogP contribution is 2.20. The fourth-order valence-electron chi connectivity index (χ4n) is 1.99. The number of aliphatic hydroxyl groups is 1. The summed E-state index contributed by atoms with van der Waals surface area (Å²) in [7, 11) is 0. The van der Waals surface area contributed by atoms with E-state index in [1.54, 1.807) is 6.20 Å². The third kappa shape index (κ3) is 3.29. The lowest BCUT2D eigenvalue weighted by Gasteiger charge is -2.13. The Morgan fingerprint density at radius 3 is 2.61 bits per heavy atom. The average molecular weight is 353 g/mol. The number of pyridine rings is 1. The van der Waals surface area contributed by atoms with Crippen LogP contribution >= 0.6 is 22.6 Å². The van der Waals surface area contributed by atoms with E-state index < -0.39 is 6.10 Å². The third-order valence-electron chi connectivity index (χ3n) is 2.96. The van der Waals surface area contributed by atoms with Crippen LogP contribution in [0.15, 0.2) is 42.6 Å². The molecular formula is C15H16INO. The molecule has 0 aliphatic rings. The van der Waals surface area contributed by atoms with Crippen LogP contribution in [0.3, 0.4) is 0 Å². The predicted molar refractivity (Wildman–Crippen MR) is 81.4 cm³/mol. The zero-order valence-electron chi connectivity index (χ0n) is 10.3. The monoisotopic (exact) mass is 353 g/mol. The van der Waals surface area contributed by atoms with Gasteiger partial charge in [0.25, 0.3) is 0 Å². The maximum atomic E-state index is 10.3. The first kappa shape index (κ1) is 13.5. The molecule has 0 saturated heterocycles. The number of benzene rings is 1. The van der Waals surface area contributed by atoms with Crippen molar-refractivity contribution < 1.29 is 5.11 Å². The lowest BCUT2D eigenvalue weighted by Crippen LogP contribution is -2.07. The van der Waals surface area contributed by atoms with Crippen LogP contribution in [0.4, 0.5) is 0 Å². The van der Waals surface area contributed by atoms with Gasteiger partial charge in [0, 0.05) is 16.2 Å². The molecule has 0 fully saturated rings. The van der Waals surface area contributed by atoms with E-state index in [9.17, 15) is 5.11 Å². The fraction of sp³-hybridized carbons (Fsp3) is 0.267. The van der Waals surface area contributed by atoms with E-state index in [1.807, 2.05) is 12.1 Å². The molecule has 0 aliphatic heterocycles. The van der Waals surface area contributed by atoms with Gasteiger partial charge in [0.2, 0.25) is 0 Å². The smallest absolute Gasteiger partial charge is 0.100 e. The molecule has 0 amide bonds. The van der Waals surface area contributed by atoms with E-state index >= 15 is 0 Å². The molecule has 0 bridgehead atoms. The molecule has 0 spiro atoms. The lowest BCUT2D eigenvalue weighted by atomic mass is 10.0. The summed E-state index contributed by atoms with van der Waals surface area (Å²) < 4.78 is 1.21. The molecule has 0 saturated carbocycles. The molecular weight excluding hydrogens is 337 g/mol. The standard InChI is InChI=1S/C15H16INO/c1-2-12-4-3-9-17-15(12)14(18)10-11-5-7-13(16)8-6-11/h3-9,14,18H,2,10H2,1H3. The van der Waals surface area contributed by atoms with Gasteiger partial charge in [-0.2, -0.15) is 0 Å². The number of nitrogens with zero attached hydrogens (tertiary/aromatic N) is 1. The van der Waals surface area contributed by atoms with Crippen molar-refractivity contribution in [2.24, 2.45) is 0 Å².